The Morgan fingerprint density at radius 1 is 1.40 bits per heavy atom. The summed E-state index contributed by atoms with van der Waals surface area (Å²) >= 11 is 0. The maximum Gasteiger partial charge on any atom is 0.245 e. The predicted octanol–water partition coefficient (Wildman–Crippen LogP) is 1.75. The minimum Gasteiger partial charge on any atom is -0.393 e. The van der Waals surface area contributed by atoms with Crippen molar-refractivity contribution in [2.75, 3.05) is 13.1 Å². The maximum absolute atomic E-state index is 13.7. The molecule has 112 valence electrons. The first-order valence-corrected chi connectivity index (χ1v) is 7.93. The first kappa shape index (κ1) is 15.3. The molecule has 1 aliphatic heterocycles. The Hall–Kier alpha value is -1.05. The van der Waals surface area contributed by atoms with Gasteiger partial charge in [-0.1, -0.05) is 6.92 Å². The van der Waals surface area contributed by atoms with Crippen molar-refractivity contribution in [3.05, 3.63) is 29.8 Å². The summed E-state index contributed by atoms with van der Waals surface area (Å²) in [5, 5.41) is 9.77. The van der Waals surface area contributed by atoms with E-state index in [1.165, 1.54) is 0 Å². The van der Waals surface area contributed by atoms with Crippen molar-refractivity contribution in [2.24, 2.45) is 5.92 Å². The van der Waals surface area contributed by atoms with Gasteiger partial charge in [-0.05, 0) is 30.9 Å². The molecular formula is C13H17F2NO3S. The van der Waals surface area contributed by atoms with Gasteiger partial charge >= 0.3 is 0 Å². The first-order valence-electron chi connectivity index (χ1n) is 6.49. The average Bonchev–Trinajstić information content (AvgIpc) is 2.38. The summed E-state index contributed by atoms with van der Waals surface area (Å²) in [6, 6.07) is 2.42. The fraction of sp³-hybridized carbons (Fsp3) is 0.538. The van der Waals surface area contributed by atoms with Crippen LogP contribution < -0.4 is 0 Å². The summed E-state index contributed by atoms with van der Waals surface area (Å²) in [7, 11) is -4.00. The van der Waals surface area contributed by atoms with Gasteiger partial charge in [-0.25, -0.2) is 17.2 Å². The van der Waals surface area contributed by atoms with Crippen molar-refractivity contribution < 1.29 is 22.3 Å². The van der Waals surface area contributed by atoms with Gasteiger partial charge in [-0.15, -0.1) is 0 Å². The lowest BCUT2D eigenvalue weighted by atomic mass is 9.94. The van der Waals surface area contributed by atoms with E-state index in [0.717, 1.165) is 16.4 Å². The van der Waals surface area contributed by atoms with E-state index in [0.29, 0.717) is 18.9 Å². The molecule has 1 aliphatic rings. The van der Waals surface area contributed by atoms with E-state index >= 15 is 0 Å². The molecule has 2 unspecified atom stereocenters. The molecule has 1 saturated heterocycles. The summed E-state index contributed by atoms with van der Waals surface area (Å²) in [5.74, 6) is -2.08. The summed E-state index contributed by atoms with van der Waals surface area (Å²) in [6.45, 7) is 2.15. The lowest BCUT2D eigenvalue weighted by Gasteiger charge is -2.34. The molecule has 0 bridgehead atoms. The lowest BCUT2D eigenvalue weighted by molar-refractivity contribution is 0.0520. The van der Waals surface area contributed by atoms with E-state index < -0.39 is 32.7 Å². The highest BCUT2D eigenvalue weighted by Gasteiger charge is 2.35. The third-order valence-corrected chi connectivity index (χ3v) is 5.59. The Bertz CT molecular complexity index is 591. The van der Waals surface area contributed by atoms with Gasteiger partial charge in [0.25, 0.3) is 0 Å². The summed E-state index contributed by atoms with van der Waals surface area (Å²) in [6.07, 6.45) is 0.420. The third-order valence-electron chi connectivity index (χ3n) is 3.69. The Balaban J connectivity index is 2.31. The van der Waals surface area contributed by atoms with Crippen LogP contribution in [0.15, 0.2) is 23.1 Å². The number of nitrogens with zero attached hydrogens (tertiary/aromatic N) is 1. The standard InChI is InChI=1S/C13H17F2NO3S/c1-2-9-8-16(6-5-12(9)17)20(18,19)13-4-3-10(14)7-11(13)15/h3-4,7,9,12,17H,2,5-6,8H2,1H3. The molecule has 0 aromatic heterocycles. The van der Waals surface area contributed by atoms with Crippen LogP contribution in [0.1, 0.15) is 19.8 Å². The Morgan fingerprint density at radius 2 is 2.10 bits per heavy atom. The zero-order chi connectivity index (χ0) is 14.9. The van der Waals surface area contributed by atoms with Crippen molar-refractivity contribution in [2.45, 2.75) is 30.8 Å². The summed E-state index contributed by atoms with van der Waals surface area (Å²) in [5.41, 5.74) is 0. The number of hydrogen-bond donors (Lipinski definition) is 1. The molecule has 1 N–H and O–H groups in total. The van der Waals surface area contributed by atoms with Gasteiger partial charge < -0.3 is 5.11 Å². The molecule has 2 rings (SSSR count). The maximum atomic E-state index is 13.7. The Labute approximate surface area is 117 Å². The average molecular weight is 305 g/mol. The van der Waals surface area contributed by atoms with Crippen LogP contribution in [0.3, 0.4) is 0 Å². The smallest absolute Gasteiger partial charge is 0.245 e. The van der Waals surface area contributed by atoms with Crippen molar-refractivity contribution in [1.82, 2.24) is 4.31 Å². The number of rotatable bonds is 3. The lowest BCUT2D eigenvalue weighted by Crippen LogP contribution is -2.45. The second-order valence-corrected chi connectivity index (χ2v) is 6.87. The molecule has 0 amide bonds. The van der Waals surface area contributed by atoms with Crippen molar-refractivity contribution >= 4 is 10.0 Å². The van der Waals surface area contributed by atoms with Gasteiger partial charge in [0.2, 0.25) is 10.0 Å². The van der Waals surface area contributed by atoms with Crippen molar-refractivity contribution in [3.63, 3.8) is 0 Å². The largest absolute Gasteiger partial charge is 0.393 e. The van der Waals surface area contributed by atoms with Gasteiger partial charge in [0.1, 0.15) is 16.5 Å². The molecule has 1 heterocycles. The Kier molecular flexibility index (Phi) is 4.41. The molecule has 1 aromatic carbocycles. The first-order chi connectivity index (χ1) is 9.36. The van der Waals surface area contributed by atoms with Gasteiger partial charge in [0, 0.05) is 19.2 Å². The zero-order valence-electron chi connectivity index (χ0n) is 11.1. The number of aliphatic hydroxyl groups excluding tert-OH is 1. The number of hydrogen-bond acceptors (Lipinski definition) is 3. The van der Waals surface area contributed by atoms with Crippen LogP contribution in [0.5, 0.6) is 0 Å². The van der Waals surface area contributed by atoms with Crippen LogP contribution in [-0.4, -0.2) is 37.0 Å². The second-order valence-electron chi connectivity index (χ2n) is 4.96. The number of benzene rings is 1. The SMILES string of the molecule is CCC1CN(S(=O)(=O)c2ccc(F)cc2F)CCC1O. The molecule has 4 nitrogen and oxygen atoms in total. The van der Waals surface area contributed by atoms with E-state index in [1.807, 2.05) is 6.92 Å². The molecule has 20 heavy (non-hydrogen) atoms. The highest BCUT2D eigenvalue weighted by Crippen LogP contribution is 2.27. The molecule has 1 fully saturated rings. The second kappa shape index (κ2) is 5.75. The van der Waals surface area contributed by atoms with Gasteiger partial charge in [0.15, 0.2) is 0 Å². The number of piperidine rings is 1. The molecule has 1 aromatic rings. The monoisotopic (exact) mass is 305 g/mol. The van der Waals surface area contributed by atoms with Crippen LogP contribution >= 0.6 is 0 Å². The fourth-order valence-electron chi connectivity index (χ4n) is 2.43. The normalized spacial score (nSPS) is 24.8. The highest BCUT2D eigenvalue weighted by atomic mass is 32.2. The van der Waals surface area contributed by atoms with Gasteiger partial charge in [-0.3, -0.25) is 0 Å². The number of aliphatic hydroxyl groups is 1. The van der Waals surface area contributed by atoms with Crippen LogP contribution in [0.2, 0.25) is 0 Å². The molecule has 0 saturated carbocycles. The van der Waals surface area contributed by atoms with Gasteiger partial charge in [-0.2, -0.15) is 4.31 Å². The quantitative estimate of drug-likeness (QED) is 0.925. The van der Waals surface area contributed by atoms with Crippen LogP contribution in [-0.2, 0) is 10.0 Å². The van der Waals surface area contributed by atoms with Crippen LogP contribution in [0.4, 0.5) is 8.78 Å². The van der Waals surface area contributed by atoms with Crippen molar-refractivity contribution in [1.29, 1.82) is 0 Å². The minimum absolute atomic E-state index is 0.136. The molecule has 0 radical (unpaired) electrons. The topological polar surface area (TPSA) is 57.6 Å². The molecular weight excluding hydrogens is 288 g/mol. The van der Waals surface area contributed by atoms with Gasteiger partial charge in [0.05, 0.1) is 6.10 Å². The number of sulfonamides is 1. The molecule has 0 spiro atoms. The predicted molar refractivity (Wildman–Crippen MR) is 69.5 cm³/mol. The number of halogens is 2. The highest BCUT2D eigenvalue weighted by molar-refractivity contribution is 7.89. The zero-order valence-corrected chi connectivity index (χ0v) is 11.9. The molecule has 2 atom stereocenters. The molecule has 7 heteroatoms. The Morgan fingerprint density at radius 3 is 2.70 bits per heavy atom. The fourth-order valence-corrected chi connectivity index (χ4v) is 3.99. The van der Waals surface area contributed by atoms with Crippen LogP contribution in [0, 0.1) is 17.6 Å². The summed E-state index contributed by atoms with van der Waals surface area (Å²) in [4.78, 5) is -0.523. The van der Waals surface area contributed by atoms with E-state index in [1.54, 1.807) is 0 Å². The van der Waals surface area contributed by atoms with E-state index in [2.05, 4.69) is 0 Å². The van der Waals surface area contributed by atoms with E-state index in [9.17, 15) is 22.3 Å². The van der Waals surface area contributed by atoms with Crippen molar-refractivity contribution in [3.8, 4) is 0 Å². The third kappa shape index (κ3) is 2.84. The van der Waals surface area contributed by atoms with E-state index in [-0.39, 0.29) is 19.0 Å². The van der Waals surface area contributed by atoms with E-state index in [4.69, 9.17) is 0 Å². The molecule has 0 aliphatic carbocycles. The summed E-state index contributed by atoms with van der Waals surface area (Å²) < 4.78 is 52.4. The minimum atomic E-state index is -4.00. The van der Waals surface area contributed by atoms with Crippen LogP contribution in [0.25, 0.3) is 0 Å².